The Morgan fingerprint density at radius 2 is 1.88 bits per heavy atom. The zero-order valence-corrected chi connectivity index (χ0v) is 16.4. The van der Waals surface area contributed by atoms with Gasteiger partial charge in [-0.2, -0.15) is 0 Å². The number of carbonyl (C=O) groups excluding carboxylic acids is 1. The monoisotopic (exact) mass is 346 g/mol. The van der Waals surface area contributed by atoms with Gasteiger partial charge in [0.15, 0.2) is 5.60 Å². The van der Waals surface area contributed by atoms with E-state index in [-0.39, 0.29) is 11.3 Å². The van der Waals surface area contributed by atoms with Crippen molar-refractivity contribution in [2.24, 2.45) is 5.41 Å². The lowest BCUT2D eigenvalue weighted by molar-refractivity contribution is -0.157. The third kappa shape index (κ3) is 5.55. The number of likely N-dealkylation sites (tertiary alicyclic amines) is 1. The van der Waals surface area contributed by atoms with Crippen LogP contribution in [0.5, 0.6) is 0 Å². The van der Waals surface area contributed by atoms with Crippen molar-refractivity contribution in [3.8, 4) is 0 Å². The first-order valence-corrected chi connectivity index (χ1v) is 9.42. The van der Waals surface area contributed by atoms with Gasteiger partial charge in [-0.15, -0.1) is 0 Å². The molecule has 0 radical (unpaired) electrons. The number of nitrogens with one attached hydrogen (secondary N) is 1. The number of nitrogens with zero attached hydrogens (tertiary/aromatic N) is 1. The average molecular weight is 347 g/mol. The van der Waals surface area contributed by atoms with E-state index in [1.807, 2.05) is 0 Å². The fourth-order valence-corrected chi connectivity index (χ4v) is 3.25. The maximum Gasteiger partial charge on any atom is 0.256 e. The minimum atomic E-state index is -1.28. The first kappa shape index (κ1) is 19.9. The molecule has 1 atom stereocenters. The first-order valence-electron chi connectivity index (χ1n) is 9.42. The molecule has 4 nitrogen and oxygen atoms in total. The summed E-state index contributed by atoms with van der Waals surface area (Å²) in [5.74, 6) is 0.359. The summed E-state index contributed by atoms with van der Waals surface area (Å²) in [5, 5.41) is 14.1. The highest BCUT2D eigenvalue weighted by atomic mass is 16.3. The molecule has 2 rings (SSSR count). The number of amides is 1. The molecule has 1 aliphatic heterocycles. The van der Waals surface area contributed by atoms with Gasteiger partial charge in [0.25, 0.3) is 5.91 Å². The molecule has 1 saturated heterocycles. The smallest absolute Gasteiger partial charge is 0.256 e. The van der Waals surface area contributed by atoms with Gasteiger partial charge < -0.3 is 15.3 Å². The van der Waals surface area contributed by atoms with Crippen molar-refractivity contribution in [1.82, 2.24) is 10.2 Å². The minimum absolute atomic E-state index is 0.131. The van der Waals surface area contributed by atoms with Crippen LogP contribution >= 0.6 is 0 Å². The molecule has 0 spiro atoms. The maximum atomic E-state index is 12.8. The molecule has 0 aliphatic carbocycles. The Bertz CT molecular complexity index is 575. The molecule has 1 aromatic rings. The molecular formula is C21H34N2O2. The third-order valence-corrected chi connectivity index (χ3v) is 4.80. The second-order valence-corrected chi connectivity index (χ2v) is 8.92. The van der Waals surface area contributed by atoms with Crippen molar-refractivity contribution in [3.63, 3.8) is 0 Å². The van der Waals surface area contributed by atoms with Crippen molar-refractivity contribution in [1.29, 1.82) is 0 Å². The number of benzene rings is 1. The van der Waals surface area contributed by atoms with Crippen LogP contribution in [0.1, 0.15) is 64.5 Å². The molecule has 4 heteroatoms. The highest BCUT2D eigenvalue weighted by Gasteiger charge is 2.41. The normalized spacial score (nSPS) is 21.9. The summed E-state index contributed by atoms with van der Waals surface area (Å²) in [7, 11) is 0. The molecule has 0 bridgehead atoms. The van der Waals surface area contributed by atoms with Crippen LogP contribution in [0.4, 0.5) is 0 Å². The number of hydrogen-bond acceptors (Lipinski definition) is 3. The summed E-state index contributed by atoms with van der Waals surface area (Å²) in [4.78, 5) is 14.6. The van der Waals surface area contributed by atoms with Crippen LogP contribution in [0.15, 0.2) is 24.3 Å². The van der Waals surface area contributed by atoms with Crippen molar-refractivity contribution in [2.75, 3.05) is 19.6 Å². The van der Waals surface area contributed by atoms with Crippen LogP contribution in [-0.4, -0.2) is 41.1 Å². The Hall–Kier alpha value is -1.39. The number of aliphatic hydroxyl groups is 1. The Labute approximate surface area is 152 Å². The standard InChI is InChI=1S/C21H34N2O2/c1-16(2)18-9-7-17(8-10-18)13-23-12-6-11-21(25,19(23)24)15-22-14-20(3,4)5/h7-10,16,22,25H,6,11-15H2,1-5H3/t21-/m0/s1. The SMILES string of the molecule is CC(C)c1ccc(CN2CCC[C@](O)(CNCC(C)(C)C)C2=O)cc1. The Morgan fingerprint density at radius 1 is 1.24 bits per heavy atom. The fraction of sp³-hybridized carbons (Fsp3) is 0.667. The van der Waals surface area contributed by atoms with E-state index in [2.05, 4.69) is 64.2 Å². The summed E-state index contributed by atoms with van der Waals surface area (Å²) in [5.41, 5.74) is 1.27. The van der Waals surface area contributed by atoms with Gasteiger partial charge in [-0.05, 0) is 35.3 Å². The van der Waals surface area contributed by atoms with E-state index in [1.54, 1.807) is 4.90 Å². The van der Waals surface area contributed by atoms with Gasteiger partial charge in [0, 0.05) is 26.2 Å². The van der Waals surface area contributed by atoms with E-state index in [1.165, 1.54) is 5.56 Å². The lowest BCUT2D eigenvalue weighted by atomic mass is 9.90. The number of carbonyl (C=O) groups is 1. The van der Waals surface area contributed by atoms with E-state index in [9.17, 15) is 9.90 Å². The zero-order chi connectivity index (χ0) is 18.7. The molecule has 1 amide bonds. The number of piperidine rings is 1. The predicted octanol–water partition coefficient (Wildman–Crippen LogP) is 3.30. The van der Waals surface area contributed by atoms with Crippen molar-refractivity contribution < 1.29 is 9.90 Å². The maximum absolute atomic E-state index is 12.8. The quantitative estimate of drug-likeness (QED) is 0.831. The van der Waals surface area contributed by atoms with Crippen molar-refractivity contribution in [3.05, 3.63) is 35.4 Å². The molecular weight excluding hydrogens is 312 g/mol. The van der Waals surface area contributed by atoms with Crippen LogP contribution in [0, 0.1) is 5.41 Å². The van der Waals surface area contributed by atoms with Crippen LogP contribution in [0.2, 0.25) is 0 Å². The topological polar surface area (TPSA) is 52.6 Å². The van der Waals surface area contributed by atoms with Gasteiger partial charge in [0.05, 0.1) is 0 Å². The van der Waals surface area contributed by atoms with E-state index in [0.29, 0.717) is 32.0 Å². The molecule has 1 aliphatic rings. The fourth-order valence-electron chi connectivity index (χ4n) is 3.25. The molecule has 0 unspecified atom stereocenters. The average Bonchev–Trinajstić information content (AvgIpc) is 2.51. The highest BCUT2D eigenvalue weighted by Crippen LogP contribution is 2.25. The molecule has 2 N–H and O–H groups in total. The molecule has 25 heavy (non-hydrogen) atoms. The minimum Gasteiger partial charge on any atom is -0.379 e. The second kappa shape index (κ2) is 7.88. The van der Waals surface area contributed by atoms with E-state index < -0.39 is 5.60 Å². The highest BCUT2D eigenvalue weighted by molar-refractivity contribution is 5.86. The second-order valence-electron chi connectivity index (χ2n) is 8.92. The van der Waals surface area contributed by atoms with Crippen LogP contribution < -0.4 is 5.32 Å². The Kier molecular flexibility index (Phi) is 6.28. The molecule has 1 aromatic carbocycles. The summed E-state index contributed by atoms with van der Waals surface area (Å²) in [6, 6.07) is 8.44. The largest absolute Gasteiger partial charge is 0.379 e. The van der Waals surface area contributed by atoms with Crippen LogP contribution in [-0.2, 0) is 11.3 Å². The van der Waals surface area contributed by atoms with E-state index in [0.717, 1.165) is 18.5 Å². The molecule has 0 saturated carbocycles. The summed E-state index contributed by atoms with van der Waals surface area (Å²) in [6.45, 7) is 13.2. The van der Waals surface area contributed by atoms with Gasteiger partial charge in [-0.3, -0.25) is 4.79 Å². The Morgan fingerprint density at radius 3 is 2.44 bits per heavy atom. The van der Waals surface area contributed by atoms with Gasteiger partial charge in [0.2, 0.25) is 0 Å². The van der Waals surface area contributed by atoms with Crippen molar-refractivity contribution in [2.45, 2.75) is 65.5 Å². The number of hydrogen-bond donors (Lipinski definition) is 2. The van der Waals surface area contributed by atoms with Crippen molar-refractivity contribution >= 4 is 5.91 Å². The molecule has 1 fully saturated rings. The Balaban J connectivity index is 1.98. The lowest BCUT2D eigenvalue weighted by Crippen LogP contribution is -2.58. The van der Waals surface area contributed by atoms with E-state index in [4.69, 9.17) is 0 Å². The van der Waals surface area contributed by atoms with E-state index >= 15 is 0 Å². The summed E-state index contributed by atoms with van der Waals surface area (Å²) >= 11 is 0. The van der Waals surface area contributed by atoms with Crippen LogP contribution in [0.25, 0.3) is 0 Å². The molecule has 140 valence electrons. The lowest BCUT2D eigenvalue weighted by Gasteiger charge is -2.39. The summed E-state index contributed by atoms with van der Waals surface area (Å²) in [6.07, 6.45) is 1.37. The zero-order valence-electron chi connectivity index (χ0n) is 16.4. The molecule has 1 heterocycles. The molecule has 0 aromatic heterocycles. The van der Waals surface area contributed by atoms with Gasteiger partial charge in [-0.1, -0.05) is 58.9 Å². The number of rotatable bonds is 6. The van der Waals surface area contributed by atoms with Gasteiger partial charge in [-0.25, -0.2) is 0 Å². The first-order chi connectivity index (χ1) is 11.6. The van der Waals surface area contributed by atoms with Crippen LogP contribution in [0.3, 0.4) is 0 Å². The third-order valence-electron chi connectivity index (χ3n) is 4.80. The van der Waals surface area contributed by atoms with Gasteiger partial charge in [0.1, 0.15) is 0 Å². The summed E-state index contributed by atoms with van der Waals surface area (Å²) < 4.78 is 0. The predicted molar refractivity (Wildman–Crippen MR) is 102 cm³/mol. The van der Waals surface area contributed by atoms with Gasteiger partial charge >= 0.3 is 0 Å².